The molecule has 0 aliphatic heterocycles. The third kappa shape index (κ3) is 5.74. The Morgan fingerprint density at radius 3 is 2.21 bits per heavy atom. The average molecular weight is 323 g/mol. The van der Waals surface area contributed by atoms with E-state index < -0.39 is 0 Å². The van der Waals surface area contributed by atoms with Crippen molar-refractivity contribution in [3.8, 4) is 5.75 Å². The Morgan fingerprint density at radius 2 is 1.71 bits per heavy atom. The fourth-order valence-electron chi connectivity index (χ4n) is 2.27. The number of rotatable bonds is 9. The van der Waals surface area contributed by atoms with Crippen LogP contribution in [-0.2, 0) is 0 Å². The van der Waals surface area contributed by atoms with Crippen LogP contribution in [0.15, 0.2) is 42.9 Å². The van der Waals surface area contributed by atoms with Crippen LogP contribution in [0.1, 0.15) is 65.5 Å². The first-order chi connectivity index (χ1) is 11.2. The number of benzene rings is 1. The van der Waals surface area contributed by atoms with Gasteiger partial charge >= 0.3 is 0 Å². The molecule has 0 aliphatic rings. The van der Waals surface area contributed by atoms with E-state index in [0.717, 1.165) is 47.4 Å². The highest BCUT2D eigenvalue weighted by Gasteiger charge is 2.20. The summed E-state index contributed by atoms with van der Waals surface area (Å²) in [5.41, 5.74) is 5.63. The quantitative estimate of drug-likeness (QED) is 0.470. The molecule has 24 heavy (non-hydrogen) atoms. The van der Waals surface area contributed by atoms with Gasteiger partial charge in [-0.1, -0.05) is 51.4 Å². The summed E-state index contributed by atoms with van der Waals surface area (Å²) < 4.78 is 6.16. The Hall–Kier alpha value is -1.70. The molecule has 1 radical (unpaired) electrons. The van der Waals surface area contributed by atoms with E-state index in [0.29, 0.717) is 0 Å². The monoisotopic (exact) mass is 323 g/mol. The van der Waals surface area contributed by atoms with Crippen molar-refractivity contribution >= 4 is 18.3 Å². The molecule has 1 aromatic carbocycles. The van der Waals surface area contributed by atoms with Crippen molar-refractivity contribution in [2.24, 2.45) is 5.41 Å². The van der Waals surface area contributed by atoms with Gasteiger partial charge in [0, 0.05) is 5.41 Å². The lowest BCUT2D eigenvalue weighted by atomic mass is 9.61. The summed E-state index contributed by atoms with van der Waals surface area (Å²) in [6.07, 6.45) is 4.30. The minimum Gasteiger partial charge on any atom is -0.493 e. The number of ether oxygens (including phenoxy) is 1. The number of hydrogen-bond acceptors (Lipinski definition) is 1. The zero-order valence-corrected chi connectivity index (χ0v) is 16.3. The topological polar surface area (TPSA) is 9.23 Å². The third-order valence-electron chi connectivity index (χ3n) is 4.92. The van der Waals surface area contributed by atoms with Crippen LogP contribution in [0.3, 0.4) is 0 Å². The van der Waals surface area contributed by atoms with E-state index in [-0.39, 0.29) is 5.41 Å². The van der Waals surface area contributed by atoms with Crippen molar-refractivity contribution in [3.63, 3.8) is 0 Å². The minimum absolute atomic E-state index is 0.212. The van der Waals surface area contributed by atoms with Crippen LogP contribution in [0.2, 0.25) is 0 Å². The largest absolute Gasteiger partial charge is 0.493 e. The summed E-state index contributed by atoms with van der Waals surface area (Å²) in [6.45, 7) is 21.9. The molecule has 0 spiro atoms. The Kier molecular flexibility index (Phi) is 7.60. The molecule has 0 unspecified atom stereocenters. The smallest absolute Gasteiger partial charge is 0.184 e. The zero-order chi connectivity index (χ0) is 18.3. The lowest BCUT2D eigenvalue weighted by Gasteiger charge is -2.27. The van der Waals surface area contributed by atoms with Crippen molar-refractivity contribution < 1.29 is 4.74 Å². The van der Waals surface area contributed by atoms with Crippen molar-refractivity contribution in [2.45, 2.75) is 54.4 Å². The van der Waals surface area contributed by atoms with E-state index in [1.165, 1.54) is 5.47 Å². The summed E-state index contributed by atoms with van der Waals surface area (Å²) >= 11 is 0. The summed E-state index contributed by atoms with van der Waals surface area (Å²) in [4.78, 5) is 0. The lowest BCUT2D eigenvalue weighted by molar-refractivity contribution is 0.152. The second-order valence-corrected chi connectivity index (χ2v) is 7.04. The van der Waals surface area contributed by atoms with Crippen molar-refractivity contribution in [1.29, 1.82) is 0 Å². The molecule has 129 valence electrons. The van der Waals surface area contributed by atoms with E-state index in [4.69, 9.17) is 4.74 Å². The minimum atomic E-state index is 0.212. The fraction of sp³-hybridized carbons (Fsp3) is 0.455. The summed E-state index contributed by atoms with van der Waals surface area (Å²) in [7, 11) is 2.10. The Bertz CT molecular complexity index is 621. The summed E-state index contributed by atoms with van der Waals surface area (Å²) in [5, 5.41) is 0. The van der Waals surface area contributed by atoms with Gasteiger partial charge in [-0.2, -0.15) is 0 Å². The van der Waals surface area contributed by atoms with Crippen LogP contribution in [0.5, 0.6) is 5.75 Å². The molecule has 1 rings (SSSR count). The molecule has 0 aromatic heterocycles. The second-order valence-electron chi connectivity index (χ2n) is 7.04. The Labute approximate surface area is 149 Å². The molecular formula is C22H32BO. The first-order valence-corrected chi connectivity index (χ1v) is 8.85. The van der Waals surface area contributed by atoms with E-state index in [1.807, 2.05) is 13.8 Å². The fourth-order valence-corrected chi connectivity index (χ4v) is 2.27. The van der Waals surface area contributed by atoms with Crippen molar-refractivity contribution in [3.05, 3.63) is 54.0 Å². The van der Waals surface area contributed by atoms with Crippen LogP contribution in [-0.4, -0.2) is 13.9 Å². The van der Waals surface area contributed by atoms with E-state index in [9.17, 15) is 0 Å². The highest BCUT2D eigenvalue weighted by molar-refractivity contribution is 6.67. The first-order valence-electron chi connectivity index (χ1n) is 8.85. The highest BCUT2D eigenvalue weighted by atomic mass is 16.5. The molecule has 0 atom stereocenters. The molecule has 0 aliphatic carbocycles. The van der Waals surface area contributed by atoms with Crippen molar-refractivity contribution in [2.75, 3.05) is 6.61 Å². The van der Waals surface area contributed by atoms with Crippen LogP contribution in [0.4, 0.5) is 0 Å². The molecule has 0 bridgehead atoms. The van der Waals surface area contributed by atoms with E-state index in [1.54, 1.807) is 0 Å². The molecule has 1 nitrogen and oxygen atoms in total. The molecular weight excluding hydrogens is 291 g/mol. The predicted octanol–water partition coefficient (Wildman–Crippen LogP) is 6.52. The van der Waals surface area contributed by atoms with E-state index >= 15 is 0 Å². The number of hydrogen-bond donors (Lipinski definition) is 0. The average Bonchev–Trinajstić information content (AvgIpc) is 2.59. The predicted molar refractivity (Wildman–Crippen MR) is 110 cm³/mol. The van der Waals surface area contributed by atoms with Crippen molar-refractivity contribution in [1.82, 2.24) is 0 Å². The van der Waals surface area contributed by atoms with Gasteiger partial charge in [-0.15, -0.1) is 12.1 Å². The molecule has 0 fully saturated rings. The maximum absolute atomic E-state index is 6.16. The summed E-state index contributed by atoms with van der Waals surface area (Å²) in [6, 6.07) is 6.29. The molecule has 0 saturated heterocycles. The molecule has 0 saturated carbocycles. The zero-order valence-electron chi connectivity index (χ0n) is 16.3. The lowest BCUT2D eigenvalue weighted by Crippen LogP contribution is -2.23. The SMILES string of the molecule is C=C(C)c1cc(OCC(C)(CC)CC)cc(C(=C)[B]/C(C)=C\C)c1. The first kappa shape index (κ1) is 20.3. The Balaban J connectivity index is 3.08. The summed E-state index contributed by atoms with van der Waals surface area (Å²) in [5.74, 6) is 0.895. The standard InChI is InChI=1S/C22H32BO/c1-9-17(6)23-18(7)20-12-19(16(4)5)13-21(14-20)24-15-22(8,10-2)11-3/h9,12-14H,4,7,10-11,15H2,1-3,5-6,8H3/b17-9-. The molecule has 0 amide bonds. The van der Waals surface area contributed by atoms with Gasteiger partial charge in [-0.25, -0.2) is 0 Å². The van der Waals surface area contributed by atoms with Gasteiger partial charge in [0.1, 0.15) is 5.75 Å². The maximum atomic E-state index is 6.16. The van der Waals surface area contributed by atoms with Gasteiger partial charge < -0.3 is 4.74 Å². The molecule has 0 heterocycles. The highest BCUT2D eigenvalue weighted by Crippen LogP contribution is 2.30. The van der Waals surface area contributed by atoms with Crippen LogP contribution in [0.25, 0.3) is 11.0 Å². The van der Waals surface area contributed by atoms with Gasteiger partial charge in [0.25, 0.3) is 0 Å². The van der Waals surface area contributed by atoms with E-state index in [2.05, 4.69) is 72.4 Å². The van der Waals surface area contributed by atoms with Crippen LogP contribution in [0, 0.1) is 5.41 Å². The maximum Gasteiger partial charge on any atom is 0.184 e. The van der Waals surface area contributed by atoms with Gasteiger partial charge in [0.05, 0.1) is 6.61 Å². The Morgan fingerprint density at radius 1 is 1.12 bits per heavy atom. The van der Waals surface area contributed by atoms with Crippen LogP contribution >= 0.6 is 0 Å². The van der Waals surface area contributed by atoms with Gasteiger partial charge in [-0.3, -0.25) is 0 Å². The number of allylic oxidation sites excluding steroid dienone is 3. The van der Waals surface area contributed by atoms with Gasteiger partial charge in [0.2, 0.25) is 0 Å². The molecule has 1 aromatic rings. The normalized spacial score (nSPS) is 12.0. The van der Waals surface area contributed by atoms with Crippen LogP contribution < -0.4 is 4.74 Å². The third-order valence-corrected chi connectivity index (χ3v) is 4.92. The van der Waals surface area contributed by atoms with Gasteiger partial charge in [-0.05, 0) is 56.0 Å². The second kappa shape index (κ2) is 8.96. The molecule has 0 N–H and O–H groups in total. The molecule has 2 heteroatoms. The van der Waals surface area contributed by atoms with Gasteiger partial charge in [0.15, 0.2) is 7.28 Å².